The first-order chi connectivity index (χ1) is 6.67. The molecule has 0 spiro atoms. The van der Waals surface area contributed by atoms with Crippen molar-refractivity contribution in [3.63, 3.8) is 0 Å². The predicted molar refractivity (Wildman–Crippen MR) is 45.6 cm³/mol. The minimum atomic E-state index is -5.56. The third kappa shape index (κ3) is 1.96. The van der Waals surface area contributed by atoms with Crippen molar-refractivity contribution in [3.8, 4) is 0 Å². The molecule has 1 aliphatic rings. The lowest BCUT2D eigenvalue weighted by Crippen LogP contribution is -2.64. The van der Waals surface area contributed by atoms with Crippen LogP contribution in [-0.2, 0) is 0 Å². The zero-order valence-electron chi connectivity index (χ0n) is 8.37. The van der Waals surface area contributed by atoms with Gasteiger partial charge in [0.2, 0.25) is 0 Å². The van der Waals surface area contributed by atoms with Gasteiger partial charge in [0.25, 0.3) is 0 Å². The smallest absolute Gasteiger partial charge is 0.320 e. The van der Waals surface area contributed by atoms with Gasteiger partial charge in [-0.05, 0) is 25.2 Å². The molecule has 0 radical (unpaired) electrons. The fourth-order valence-electron chi connectivity index (χ4n) is 1.89. The van der Waals surface area contributed by atoms with Crippen LogP contribution in [0.5, 0.6) is 0 Å². The monoisotopic (exact) mass is 231 g/mol. The van der Waals surface area contributed by atoms with E-state index in [1.807, 2.05) is 0 Å². The van der Waals surface area contributed by atoms with Gasteiger partial charge in [0.1, 0.15) is 0 Å². The van der Waals surface area contributed by atoms with Crippen LogP contribution in [0, 0.1) is 5.92 Å². The molecule has 1 aliphatic carbocycles. The van der Waals surface area contributed by atoms with Crippen molar-refractivity contribution in [2.75, 3.05) is 0 Å². The van der Waals surface area contributed by atoms with E-state index in [2.05, 4.69) is 0 Å². The molecule has 1 nitrogen and oxygen atoms in total. The first-order valence-electron chi connectivity index (χ1n) is 4.90. The Morgan fingerprint density at radius 1 is 1.13 bits per heavy atom. The van der Waals surface area contributed by atoms with Crippen LogP contribution < -0.4 is 5.73 Å². The summed E-state index contributed by atoms with van der Waals surface area (Å²) in [7, 11) is 0. The average molecular weight is 231 g/mol. The molecule has 6 heteroatoms. The SMILES string of the molecule is CCCC(N)(C1CC1)C(F)(F)C(F)(F)F. The Hall–Kier alpha value is -0.390. The first-order valence-corrected chi connectivity index (χ1v) is 4.90. The van der Waals surface area contributed by atoms with Gasteiger partial charge in [-0.3, -0.25) is 0 Å². The van der Waals surface area contributed by atoms with E-state index < -0.39 is 23.6 Å². The molecule has 0 aliphatic heterocycles. The van der Waals surface area contributed by atoms with E-state index in [1.54, 1.807) is 6.92 Å². The number of hydrogen-bond donors (Lipinski definition) is 1. The van der Waals surface area contributed by atoms with Crippen LogP contribution in [0.3, 0.4) is 0 Å². The number of hydrogen-bond acceptors (Lipinski definition) is 1. The summed E-state index contributed by atoms with van der Waals surface area (Å²) in [6, 6.07) is 0. The molecule has 1 unspecified atom stereocenters. The fraction of sp³-hybridized carbons (Fsp3) is 1.00. The van der Waals surface area contributed by atoms with Crippen LogP contribution in [0.15, 0.2) is 0 Å². The predicted octanol–water partition coefficient (Wildman–Crippen LogP) is 3.09. The van der Waals surface area contributed by atoms with E-state index in [1.165, 1.54) is 0 Å². The van der Waals surface area contributed by atoms with Crippen LogP contribution >= 0.6 is 0 Å². The molecular formula is C9H14F5N. The summed E-state index contributed by atoms with van der Waals surface area (Å²) >= 11 is 0. The largest absolute Gasteiger partial charge is 0.455 e. The molecule has 90 valence electrons. The molecule has 1 atom stereocenters. The average Bonchev–Trinajstić information content (AvgIpc) is 2.84. The molecule has 0 amide bonds. The maximum Gasteiger partial charge on any atom is 0.455 e. The molecule has 1 fully saturated rings. The summed E-state index contributed by atoms with van der Waals surface area (Å²) in [6.07, 6.45) is -4.91. The second-order valence-corrected chi connectivity index (χ2v) is 4.14. The quantitative estimate of drug-likeness (QED) is 0.739. The van der Waals surface area contributed by atoms with Crippen molar-refractivity contribution in [1.82, 2.24) is 0 Å². The molecule has 15 heavy (non-hydrogen) atoms. The third-order valence-electron chi connectivity index (χ3n) is 2.91. The van der Waals surface area contributed by atoms with Gasteiger partial charge in [-0.15, -0.1) is 0 Å². The standard InChI is InChI=1S/C9H14F5N/c1-2-5-7(15,6-3-4-6)8(10,11)9(12,13)14/h6H,2-5,15H2,1H3. The van der Waals surface area contributed by atoms with Crippen LogP contribution in [0.2, 0.25) is 0 Å². The van der Waals surface area contributed by atoms with Gasteiger partial charge in [0, 0.05) is 0 Å². The number of halogens is 5. The summed E-state index contributed by atoms with van der Waals surface area (Å²) < 4.78 is 63.0. The van der Waals surface area contributed by atoms with E-state index in [9.17, 15) is 22.0 Å². The highest BCUT2D eigenvalue weighted by atomic mass is 19.4. The fourth-order valence-corrected chi connectivity index (χ4v) is 1.89. The van der Waals surface area contributed by atoms with E-state index in [-0.39, 0.29) is 12.8 Å². The van der Waals surface area contributed by atoms with Gasteiger partial charge in [0.15, 0.2) is 0 Å². The Bertz CT molecular complexity index is 233. The number of nitrogens with two attached hydrogens (primary N) is 1. The molecular weight excluding hydrogens is 217 g/mol. The van der Waals surface area contributed by atoms with Crippen molar-refractivity contribution < 1.29 is 22.0 Å². The van der Waals surface area contributed by atoms with Crippen LogP contribution in [0.25, 0.3) is 0 Å². The zero-order valence-corrected chi connectivity index (χ0v) is 8.37. The Morgan fingerprint density at radius 2 is 1.60 bits per heavy atom. The topological polar surface area (TPSA) is 26.0 Å². The van der Waals surface area contributed by atoms with Gasteiger partial charge in [-0.1, -0.05) is 13.3 Å². The summed E-state index contributed by atoms with van der Waals surface area (Å²) in [5.41, 5.74) is 2.89. The second-order valence-electron chi connectivity index (χ2n) is 4.14. The van der Waals surface area contributed by atoms with Crippen LogP contribution in [-0.4, -0.2) is 17.6 Å². The number of rotatable bonds is 4. The Balaban J connectivity index is 2.97. The minimum Gasteiger partial charge on any atom is -0.320 e. The second kappa shape index (κ2) is 3.57. The summed E-state index contributed by atoms with van der Waals surface area (Å²) in [5, 5.41) is 0. The summed E-state index contributed by atoms with van der Waals surface area (Å²) in [5.74, 6) is -5.49. The van der Waals surface area contributed by atoms with Gasteiger partial charge >= 0.3 is 12.1 Å². The molecule has 0 aromatic heterocycles. The lowest BCUT2D eigenvalue weighted by atomic mass is 9.82. The Morgan fingerprint density at radius 3 is 1.87 bits per heavy atom. The Labute approximate surface area is 84.8 Å². The maximum absolute atomic E-state index is 13.2. The molecule has 0 aromatic carbocycles. The molecule has 0 bridgehead atoms. The molecule has 2 N–H and O–H groups in total. The highest BCUT2D eigenvalue weighted by molar-refractivity contribution is 5.09. The highest BCUT2D eigenvalue weighted by Crippen LogP contribution is 2.53. The lowest BCUT2D eigenvalue weighted by molar-refractivity contribution is -0.311. The zero-order chi connectivity index (χ0) is 11.9. The molecule has 1 rings (SSSR count). The van der Waals surface area contributed by atoms with E-state index in [4.69, 9.17) is 5.73 Å². The van der Waals surface area contributed by atoms with Gasteiger partial charge < -0.3 is 5.73 Å². The van der Waals surface area contributed by atoms with Crippen molar-refractivity contribution in [2.45, 2.75) is 50.2 Å². The van der Waals surface area contributed by atoms with Crippen LogP contribution in [0.1, 0.15) is 32.6 Å². The van der Waals surface area contributed by atoms with Gasteiger partial charge in [0.05, 0.1) is 5.54 Å². The highest BCUT2D eigenvalue weighted by Gasteiger charge is 2.71. The lowest BCUT2D eigenvalue weighted by Gasteiger charge is -2.38. The molecule has 1 saturated carbocycles. The maximum atomic E-state index is 13.2. The van der Waals surface area contributed by atoms with Crippen molar-refractivity contribution >= 4 is 0 Å². The molecule has 0 aromatic rings. The first kappa shape index (κ1) is 12.7. The van der Waals surface area contributed by atoms with Crippen LogP contribution in [0.4, 0.5) is 22.0 Å². The minimum absolute atomic E-state index is 0.221. The Kier molecular flexibility index (Phi) is 3.02. The van der Waals surface area contributed by atoms with E-state index in [0.29, 0.717) is 12.8 Å². The number of alkyl halides is 5. The van der Waals surface area contributed by atoms with Gasteiger partial charge in [-0.2, -0.15) is 22.0 Å². The summed E-state index contributed by atoms with van der Waals surface area (Å²) in [4.78, 5) is 0. The van der Waals surface area contributed by atoms with E-state index >= 15 is 0 Å². The normalized spacial score (nSPS) is 22.6. The van der Waals surface area contributed by atoms with Crippen molar-refractivity contribution in [1.29, 1.82) is 0 Å². The van der Waals surface area contributed by atoms with Crippen molar-refractivity contribution in [3.05, 3.63) is 0 Å². The van der Waals surface area contributed by atoms with E-state index in [0.717, 1.165) is 0 Å². The molecule has 0 saturated heterocycles. The molecule has 0 heterocycles. The summed E-state index contributed by atoms with van der Waals surface area (Å²) in [6.45, 7) is 1.55. The van der Waals surface area contributed by atoms with Gasteiger partial charge in [-0.25, -0.2) is 0 Å². The van der Waals surface area contributed by atoms with Crippen molar-refractivity contribution in [2.24, 2.45) is 11.7 Å². The third-order valence-corrected chi connectivity index (χ3v) is 2.91.